The molecule has 0 aliphatic heterocycles. The molecule has 0 heterocycles. The fourth-order valence-electron chi connectivity index (χ4n) is 1.24. The summed E-state index contributed by atoms with van der Waals surface area (Å²) in [6.07, 6.45) is 0. The third-order valence-electron chi connectivity index (χ3n) is 1.66. The zero-order chi connectivity index (χ0) is 9.30. The number of nitro groups is 1. The summed E-state index contributed by atoms with van der Waals surface area (Å²) in [5.41, 5.74) is 7.28. The predicted molar refractivity (Wildman–Crippen MR) is 47.0 cm³/mol. The fraction of sp³-hybridized carbons (Fsp3) is 0.250. The molecular formula is C8H10N2O2. The van der Waals surface area contributed by atoms with Crippen molar-refractivity contribution in [2.75, 3.05) is 5.73 Å². The minimum absolute atomic E-state index is 0.0144. The van der Waals surface area contributed by atoms with E-state index in [9.17, 15) is 10.1 Å². The maximum atomic E-state index is 10.5. The molecule has 0 bridgehead atoms. The molecule has 1 aromatic rings. The lowest BCUT2D eigenvalue weighted by Crippen LogP contribution is -1.98. The van der Waals surface area contributed by atoms with Gasteiger partial charge < -0.3 is 5.73 Å². The maximum Gasteiger partial charge on any atom is 0.294 e. The third kappa shape index (κ3) is 1.37. The zero-order valence-corrected chi connectivity index (χ0v) is 7.00. The van der Waals surface area contributed by atoms with Crippen LogP contribution in [0.5, 0.6) is 0 Å². The van der Waals surface area contributed by atoms with Gasteiger partial charge in [-0.2, -0.15) is 0 Å². The van der Waals surface area contributed by atoms with Crippen molar-refractivity contribution in [2.45, 2.75) is 13.8 Å². The van der Waals surface area contributed by atoms with Crippen molar-refractivity contribution in [3.05, 3.63) is 33.4 Å². The molecule has 0 aromatic heterocycles. The van der Waals surface area contributed by atoms with Crippen molar-refractivity contribution in [1.82, 2.24) is 0 Å². The number of benzene rings is 1. The molecule has 0 atom stereocenters. The van der Waals surface area contributed by atoms with Crippen molar-refractivity contribution < 1.29 is 4.92 Å². The molecule has 0 aliphatic rings. The SMILES string of the molecule is Cc1cc(C)c([N+](=O)[O-])c(N)c1. The van der Waals surface area contributed by atoms with Crippen molar-refractivity contribution in [3.63, 3.8) is 0 Å². The van der Waals surface area contributed by atoms with Crippen LogP contribution >= 0.6 is 0 Å². The van der Waals surface area contributed by atoms with Crippen LogP contribution < -0.4 is 5.73 Å². The highest BCUT2D eigenvalue weighted by atomic mass is 16.6. The van der Waals surface area contributed by atoms with Crippen molar-refractivity contribution in [1.29, 1.82) is 0 Å². The van der Waals surface area contributed by atoms with Gasteiger partial charge in [0.15, 0.2) is 0 Å². The van der Waals surface area contributed by atoms with Crippen LogP contribution in [-0.4, -0.2) is 4.92 Å². The topological polar surface area (TPSA) is 69.2 Å². The summed E-state index contributed by atoms with van der Waals surface area (Å²) in [5.74, 6) is 0. The lowest BCUT2D eigenvalue weighted by molar-refractivity contribution is -0.384. The Kier molecular flexibility index (Phi) is 1.99. The number of nitro benzene ring substituents is 1. The van der Waals surface area contributed by atoms with E-state index in [1.54, 1.807) is 19.1 Å². The first-order chi connectivity index (χ1) is 5.52. The van der Waals surface area contributed by atoms with Gasteiger partial charge in [-0.25, -0.2) is 0 Å². The molecule has 0 aliphatic carbocycles. The molecular weight excluding hydrogens is 156 g/mol. The average Bonchev–Trinajstić information content (AvgIpc) is 1.82. The Morgan fingerprint density at radius 1 is 1.42 bits per heavy atom. The summed E-state index contributed by atoms with van der Waals surface area (Å²) in [4.78, 5) is 10.0. The predicted octanol–water partition coefficient (Wildman–Crippen LogP) is 1.79. The third-order valence-corrected chi connectivity index (χ3v) is 1.66. The Balaban J connectivity index is 3.38. The minimum Gasteiger partial charge on any atom is -0.393 e. The molecule has 4 nitrogen and oxygen atoms in total. The van der Waals surface area contributed by atoms with E-state index in [2.05, 4.69) is 0 Å². The normalized spacial score (nSPS) is 9.83. The van der Waals surface area contributed by atoms with Crippen LogP contribution in [0.4, 0.5) is 11.4 Å². The summed E-state index contributed by atoms with van der Waals surface area (Å²) >= 11 is 0. The number of nitrogens with zero attached hydrogens (tertiary/aromatic N) is 1. The molecule has 0 saturated carbocycles. The van der Waals surface area contributed by atoms with Gasteiger partial charge in [0.1, 0.15) is 5.69 Å². The highest BCUT2D eigenvalue weighted by Gasteiger charge is 2.14. The molecule has 0 amide bonds. The summed E-state index contributed by atoms with van der Waals surface area (Å²) in [6.45, 7) is 3.54. The molecule has 1 rings (SSSR count). The van der Waals surface area contributed by atoms with Crippen LogP contribution in [-0.2, 0) is 0 Å². The van der Waals surface area contributed by atoms with E-state index < -0.39 is 4.92 Å². The molecule has 1 aromatic carbocycles. The molecule has 0 fully saturated rings. The molecule has 12 heavy (non-hydrogen) atoms. The van der Waals surface area contributed by atoms with Crippen molar-refractivity contribution >= 4 is 11.4 Å². The van der Waals surface area contributed by atoms with E-state index in [0.29, 0.717) is 5.56 Å². The molecule has 4 heteroatoms. The van der Waals surface area contributed by atoms with Crippen LogP contribution in [0.15, 0.2) is 12.1 Å². The first-order valence-electron chi connectivity index (χ1n) is 3.53. The van der Waals surface area contributed by atoms with E-state index in [1.807, 2.05) is 6.92 Å². The number of nitrogen functional groups attached to an aromatic ring is 1. The molecule has 0 unspecified atom stereocenters. The van der Waals surface area contributed by atoms with Crippen LogP contribution in [0.1, 0.15) is 11.1 Å². The largest absolute Gasteiger partial charge is 0.393 e. The summed E-state index contributed by atoms with van der Waals surface area (Å²) in [5, 5.41) is 10.5. The first-order valence-corrected chi connectivity index (χ1v) is 3.53. The monoisotopic (exact) mass is 166 g/mol. The van der Waals surface area contributed by atoms with Crippen LogP contribution in [0.25, 0.3) is 0 Å². The fourth-order valence-corrected chi connectivity index (χ4v) is 1.24. The number of hydrogen-bond acceptors (Lipinski definition) is 3. The molecule has 0 saturated heterocycles. The number of rotatable bonds is 1. The number of aryl methyl sites for hydroxylation is 2. The van der Waals surface area contributed by atoms with Gasteiger partial charge in [0.2, 0.25) is 0 Å². The van der Waals surface area contributed by atoms with Crippen LogP contribution in [0, 0.1) is 24.0 Å². The van der Waals surface area contributed by atoms with Gasteiger partial charge in [-0.15, -0.1) is 0 Å². The Hall–Kier alpha value is -1.58. The van der Waals surface area contributed by atoms with Gasteiger partial charge in [0, 0.05) is 5.56 Å². The standard InChI is InChI=1S/C8H10N2O2/c1-5-3-6(2)8(10(11)12)7(9)4-5/h3-4H,9H2,1-2H3. The van der Waals surface area contributed by atoms with E-state index in [4.69, 9.17) is 5.73 Å². The Bertz CT molecular complexity index is 311. The summed E-state index contributed by atoms with van der Waals surface area (Å²) in [6, 6.07) is 3.35. The number of hydrogen-bond donors (Lipinski definition) is 1. The highest BCUT2D eigenvalue weighted by Crippen LogP contribution is 2.26. The molecule has 0 spiro atoms. The Morgan fingerprint density at radius 3 is 2.42 bits per heavy atom. The van der Waals surface area contributed by atoms with E-state index >= 15 is 0 Å². The first kappa shape index (κ1) is 8.52. The average molecular weight is 166 g/mol. The van der Waals surface area contributed by atoms with Gasteiger partial charge in [-0.3, -0.25) is 10.1 Å². The lowest BCUT2D eigenvalue weighted by atomic mass is 10.1. The number of anilines is 1. The molecule has 64 valence electrons. The summed E-state index contributed by atoms with van der Waals surface area (Å²) < 4.78 is 0. The van der Waals surface area contributed by atoms with Crippen LogP contribution in [0.2, 0.25) is 0 Å². The van der Waals surface area contributed by atoms with E-state index in [0.717, 1.165) is 5.56 Å². The Labute approximate surface area is 70.2 Å². The second-order valence-corrected chi connectivity index (χ2v) is 2.78. The quantitative estimate of drug-likeness (QED) is 0.393. The van der Waals surface area contributed by atoms with E-state index in [1.165, 1.54) is 0 Å². The van der Waals surface area contributed by atoms with Crippen molar-refractivity contribution in [3.8, 4) is 0 Å². The lowest BCUT2D eigenvalue weighted by Gasteiger charge is -2.01. The van der Waals surface area contributed by atoms with Crippen LogP contribution in [0.3, 0.4) is 0 Å². The van der Waals surface area contributed by atoms with Gasteiger partial charge in [0.05, 0.1) is 4.92 Å². The minimum atomic E-state index is -0.454. The van der Waals surface area contributed by atoms with E-state index in [-0.39, 0.29) is 11.4 Å². The molecule has 2 N–H and O–H groups in total. The Morgan fingerprint density at radius 2 is 2.00 bits per heavy atom. The van der Waals surface area contributed by atoms with Gasteiger partial charge >= 0.3 is 0 Å². The zero-order valence-electron chi connectivity index (χ0n) is 7.00. The summed E-state index contributed by atoms with van der Waals surface area (Å²) in [7, 11) is 0. The van der Waals surface area contributed by atoms with Gasteiger partial charge in [0.25, 0.3) is 5.69 Å². The highest BCUT2D eigenvalue weighted by molar-refractivity contribution is 5.63. The molecule has 0 radical (unpaired) electrons. The van der Waals surface area contributed by atoms with Crippen molar-refractivity contribution in [2.24, 2.45) is 0 Å². The van der Waals surface area contributed by atoms with Gasteiger partial charge in [-0.1, -0.05) is 0 Å². The second-order valence-electron chi connectivity index (χ2n) is 2.78. The smallest absolute Gasteiger partial charge is 0.294 e. The van der Waals surface area contributed by atoms with Gasteiger partial charge in [-0.05, 0) is 31.5 Å². The maximum absolute atomic E-state index is 10.5. The number of nitrogens with two attached hydrogens (primary N) is 1. The second kappa shape index (κ2) is 2.81.